The van der Waals surface area contributed by atoms with E-state index in [2.05, 4.69) is 22.4 Å². The highest BCUT2D eigenvalue weighted by Crippen LogP contribution is 2.49. The SMILES string of the molecule is CB(I)N1C(=O)SC(C)(C(C)(C)C)C1=O. The van der Waals surface area contributed by atoms with Crippen molar-refractivity contribution in [1.82, 2.24) is 4.81 Å². The quantitative estimate of drug-likeness (QED) is 0.544. The molecule has 0 N–H and O–H groups in total. The lowest BCUT2D eigenvalue weighted by atomic mass is 9.79. The van der Waals surface area contributed by atoms with Crippen molar-refractivity contribution in [1.29, 1.82) is 0 Å². The lowest BCUT2D eigenvalue weighted by Crippen LogP contribution is -2.48. The third-order valence-corrected chi connectivity index (χ3v) is 5.03. The molecule has 0 radical (unpaired) electrons. The normalized spacial score (nSPS) is 27.5. The number of hydrogen-bond donors (Lipinski definition) is 0. The smallest absolute Gasteiger partial charge is 0.308 e. The maximum absolute atomic E-state index is 12.2. The molecular formula is C9H15BINO2S. The summed E-state index contributed by atoms with van der Waals surface area (Å²) < 4.78 is -0.719. The van der Waals surface area contributed by atoms with Gasteiger partial charge in [-0.2, -0.15) is 0 Å². The van der Waals surface area contributed by atoms with E-state index in [4.69, 9.17) is 0 Å². The van der Waals surface area contributed by atoms with Crippen LogP contribution in [0.4, 0.5) is 4.79 Å². The molecule has 0 aromatic carbocycles. The molecule has 2 amide bonds. The highest BCUT2D eigenvalue weighted by molar-refractivity contribution is 14.1. The van der Waals surface area contributed by atoms with E-state index in [9.17, 15) is 9.59 Å². The molecule has 1 unspecified atom stereocenters. The van der Waals surface area contributed by atoms with Crippen LogP contribution < -0.4 is 0 Å². The first-order chi connectivity index (χ1) is 6.61. The van der Waals surface area contributed by atoms with Gasteiger partial charge in [-0.05, 0) is 24.1 Å². The second-order valence-electron chi connectivity index (χ2n) is 4.90. The van der Waals surface area contributed by atoms with E-state index in [0.29, 0.717) is 0 Å². The summed E-state index contributed by atoms with van der Waals surface area (Å²) in [5.74, 6) is -0.0631. The predicted octanol–water partition coefficient (Wildman–Crippen LogP) is 3.04. The molecule has 1 atom stereocenters. The van der Waals surface area contributed by atoms with Crippen molar-refractivity contribution in [3.8, 4) is 0 Å². The topological polar surface area (TPSA) is 37.4 Å². The molecule has 1 fully saturated rings. The van der Waals surface area contributed by atoms with Crippen LogP contribution in [0.25, 0.3) is 0 Å². The Morgan fingerprint density at radius 1 is 1.40 bits per heavy atom. The van der Waals surface area contributed by atoms with Gasteiger partial charge in [-0.1, -0.05) is 27.6 Å². The third kappa shape index (κ3) is 2.07. The molecule has 84 valence electrons. The van der Waals surface area contributed by atoms with Crippen molar-refractivity contribution in [2.24, 2.45) is 5.41 Å². The molecule has 0 spiro atoms. The summed E-state index contributed by atoms with van der Waals surface area (Å²) in [6.07, 6.45) is 0. The van der Waals surface area contributed by atoms with Crippen LogP contribution in [0.15, 0.2) is 0 Å². The molecule has 0 aliphatic carbocycles. The standard InChI is InChI=1S/C9H15BINO2S/c1-8(2,3)9(4)6(13)12(10(5)11)7(14)15-9/h1-5H3. The van der Waals surface area contributed by atoms with Crippen LogP contribution in [-0.4, -0.2) is 25.4 Å². The zero-order chi connectivity index (χ0) is 12.0. The molecule has 15 heavy (non-hydrogen) atoms. The minimum Gasteiger partial charge on any atom is -0.308 e. The van der Waals surface area contributed by atoms with Crippen molar-refractivity contribution in [2.75, 3.05) is 0 Å². The number of thioether (sulfide) groups is 1. The van der Waals surface area contributed by atoms with Gasteiger partial charge in [-0.3, -0.25) is 9.59 Å². The Morgan fingerprint density at radius 2 is 1.87 bits per heavy atom. The van der Waals surface area contributed by atoms with Gasteiger partial charge in [-0.15, -0.1) is 22.4 Å². The molecule has 1 saturated heterocycles. The lowest BCUT2D eigenvalue weighted by molar-refractivity contribution is -0.128. The van der Waals surface area contributed by atoms with E-state index in [0.717, 1.165) is 11.8 Å². The van der Waals surface area contributed by atoms with Gasteiger partial charge < -0.3 is 4.81 Å². The average molecular weight is 339 g/mol. The Hall–Kier alpha value is 0.285. The Kier molecular flexibility index (Phi) is 3.51. The number of nitrogens with zero attached hydrogens (tertiary/aromatic N) is 1. The number of amides is 2. The monoisotopic (exact) mass is 339 g/mol. The van der Waals surface area contributed by atoms with Crippen LogP contribution in [0.2, 0.25) is 6.82 Å². The first-order valence-electron chi connectivity index (χ1n) is 4.82. The summed E-state index contributed by atoms with van der Waals surface area (Å²) in [5, 5.41) is -0.126. The van der Waals surface area contributed by atoms with Crippen LogP contribution in [0, 0.1) is 5.41 Å². The Bertz CT molecular complexity index is 316. The van der Waals surface area contributed by atoms with Crippen LogP contribution in [-0.2, 0) is 4.79 Å². The fraction of sp³-hybridized carbons (Fsp3) is 0.778. The molecule has 1 rings (SSSR count). The van der Waals surface area contributed by atoms with Gasteiger partial charge in [0.15, 0.2) is 0 Å². The number of hydrogen-bond acceptors (Lipinski definition) is 3. The highest BCUT2D eigenvalue weighted by Gasteiger charge is 2.56. The lowest BCUT2D eigenvalue weighted by Gasteiger charge is -2.34. The molecule has 0 bridgehead atoms. The highest BCUT2D eigenvalue weighted by atomic mass is 127. The summed E-state index contributed by atoms with van der Waals surface area (Å²) >= 11 is 3.24. The van der Waals surface area contributed by atoms with Crippen LogP contribution >= 0.6 is 34.1 Å². The van der Waals surface area contributed by atoms with Gasteiger partial charge >= 0.3 is 4.70 Å². The summed E-state index contributed by atoms with van der Waals surface area (Å²) in [6.45, 7) is 9.69. The molecule has 0 aromatic rings. The summed E-state index contributed by atoms with van der Waals surface area (Å²) in [4.78, 5) is 25.3. The fourth-order valence-electron chi connectivity index (χ4n) is 1.36. The maximum Gasteiger partial charge on any atom is 0.336 e. The molecule has 1 heterocycles. The Labute approximate surface area is 109 Å². The molecular weight excluding hydrogens is 324 g/mol. The molecule has 6 heteroatoms. The van der Waals surface area contributed by atoms with Crippen molar-refractivity contribution >= 4 is 50.0 Å². The molecule has 1 aliphatic rings. The maximum atomic E-state index is 12.2. The first kappa shape index (κ1) is 13.4. The number of carbonyl (C=O) groups is 2. The van der Waals surface area contributed by atoms with E-state index >= 15 is 0 Å². The van der Waals surface area contributed by atoms with E-state index in [-0.39, 0.29) is 21.3 Å². The van der Waals surface area contributed by atoms with Crippen LogP contribution in [0.3, 0.4) is 0 Å². The minimum atomic E-state index is -0.635. The average Bonchev–Trinajstić information content (AvgIpc) is 2.22. The van der Waals surface area contributed by atoms with Gasteiger partial charge in [0.1, 0.15) is 4.75 Å². The second-order valence-corrected chi connectivity index (χ2v) is 8.07. The van der Waals surface area contributed by atoms with Gasteiger partial charge in [0.25, 0.3) is 5.24 Å². The second kappa shape index (κ2) is 3.94. The van der Waals surface area contributed by atoms with Gasteiger partial charge in [0.2, 0.25) is 5.91 Å². The van der Waals surface area contributed by atoms with E-state index in [1.54, 1.807) is 0 Å². The van der Waals surface area contributed by atoms with E-state index in [1.165, 1.54) is 4.81 Å². The van der Waals surface area contributed by atoms with Crippen molar-refractivity contribution < 1.29 is 9.59 Å². The van der Waals surface area contributed by atoms with Gasteiger partial charge in [0, 0.05) is 0 Å². The summed E-state index contributed by atoms with van der Waals surface area (Å²) in [7, 11) is 0. The molecule has 0 saturated carbocycles. The molecule has 0 aromatic heterocycles. The fourth-order valence-corrected chi connectivity index (χ4v) is 3.24. The van der Waals surface area contributed by atoms with E-state index < -0.39 is 4.75 Å². The Balaban J connectivity index is 3.11. The molecule has 1 aliphatic heterocycles. The molecule has 3 nitrogen and oxygen atoms in total. The number of carbonyl (C=O) groups excluding carboxylic acids is 2. The van der Waals surface area contributed by atoms with Crippen LogP contribution in [0.1, 0.15) is 27.7 Å². The van der Waals surface area contributed by atoms with Crippen molar-refractivity contribution in [3.05, 3.63) is 0 Å². The van der Waals surface area contributed by atoms with Gasteiger partial charge in [-0.25, -0.2) is 0 Å². The number of halogens is 1. The Morgan fingerprint density at radius 3 is 2.07 bits per heavy atom. The summed E-state index contributed by atoms with van der Waals surface area (Å²) in [6, 6.07) is 0. The van der Waals surface area contributed by atoms with E-state index in [1.807, 2.05) is 34.5 Å². The first-order valence-corrected chi connectivity index (χ1v) is 6.88. The third-order valence-electron chi connectivity index (χ3n) is 2.90. The predicted molar refractivity (Wildman–Crippen MR) is 73.3 cm³/mol. The number of imide groups is 1. The summed E-state index contributed by atoms with van der Waals surface area (Å²) in [5.41, 5.74) is -0.218. The van der Waals surface area contributed by atoms with Gasteiger partial charge in [0.05, 0.1) is 0 Å². The van der Waals surface area contributed by atoms with Crippen LogP contribution in [0.5, 0.6) is 0 Å². The van der Waals surface area contributed by atoms with Crippen molar-refractivity contribution in [3.63, 3.8) is 0 Å². The minimum absolute atomic E-state index is 0.0631. The van der Waals surface area contributed by atoms with Crippen molar-refractivity contribution in [2.45, 2.75) is 39.3 Å². The zero-order valence-electron chi connectivity index (χ0n) is 9.63. The largest absolute Gasteiger partial charge is 0.336 e. The zero-order valence-corrected chi connectivity index (χ0v) is 12.6. The number of rotatable bonds is 1.